The molecule has 146 valence electrons. The Bertz CT molecular complexity index is 781. The van der Waals surface area contributed by atoms with Gasteiger partial charge in [-0.3, -0.25) is 9.59 Å². The minimum Gasteiger partial charge on any atom is -0.361 e. The molecule has 1 atom stereocenters. The van der Waals surface area contributed by atoms with Crippen molar-refractivity contribution in [1.82, 2.24) is 15.2 Å². The fourth-order valence-corrected chi connectivity index (χ4v) is 3.78. The van der Waals surface area contributed by atoms with Crippen molar-refractivity contribution in [2.24, 2.45) is 11.8 Å². The van der Waals surface area contributed by atoms with Crippen molar-refractivity contribution in [3.8, 4) is 0 Å². The predicted octanol–water partition coefficient (Wildman–Crippen LogP) is 3.50. The number of amides is 2. The fourth-order valence-electron chi connectivity index (χ4n) is 3.78. The number of piperidine rings is 1. The van der Waals surface area contributed by atoms with E-state index in [0.717, 1.165) is 44.3 Å². The molecule has 1 fully saturated rings. The Balaban J connectivity index is 1.50. The summed E-state index contributed by atoms with van der Waals surface area (Å²) in [4.78, 5) is 30.2. The summed E-state index contributed by atoms with van der Waals surface area (Å²) in [5.41, 5.74) is 2.29. The lowest BCUT2D eigenvalue weighted by Crippen LogP contribution is -2.45. The lowest BCUT2D eigenvalue weighted by atomic mass is 9.96. The fraction of sp³-hybridized carbons (Fsp3) is 0.545. The van der Waals surface area contributed by atoms with E-state index in [1.165, 1.54) is 10.9 Å². The van der Waals surface area contributed by atoms with E-state index in [9.17, 15) is 9.59 Å². The molecule has 1 aromatic carbocycles. The number of hydrogen-bond acceptors (Lipinski definition) is 2. The third-order valence-corrected chi connectivity index (χ3v) is 5.45. The number of benzene rings is 1. The van der Waals surface area contributed by atoms with E-state index in [1.807, 2.05) is 29.3 Å². The second kappa shape index (κ2) is 9.07. The van der Waals surface area contributed by atoms with Crippen LogP contribution in [0.2, 0.25) is 0 Å². The first-order chi connectivity index (χ1) is 13.0. The summed E-state index contributed by atoms with van der Waals surface area (Å²) in [6.07, 6.45) is 5.99. The van der Waals surface area contributed by atoms with E-state index < -0.39 is 0 Å². The number of aromatic amines is 1. The Labute approximate surface area is 161 Å². The van der Waals surface area contributed by atoms with Crippen LogP contribution >= 0.6 is 0 Å². The van der Waals surface area contributed by atoms with Crippen molar-refractivity contribution in [3.63, 3.8) is 0 Å². The molecule has 1 saturated heterocycles. The van der Waals surface area contributed by atoms with Gasteiger partial charge in [-0.15, -0.1) is 0 Å². The summed E-state index contributed by atoms with van der Waals surface area (Å²) in [5.74, 6) is 0.770. The van der Waals surface area contributed by atoms with Gasteiger partial charge in [0.25, 0.3) is 0 Å². The maximum absolute atomic E-state index is 12.7. The van der Waals surface area contributed by atoms with E-state index in [1.54, 1.807) is 0 Å². The van der Waals surface area contributed by atoms with Gasteiger partial charge in [0.05, 0.1) is 5.92 Å². The molecule has 2 amide bonds. The maximum Gasteiger partial charge on any atom is 0.224 e. The second-order valence-electron chi connectivity index (χ2n) is 8.01. The van der Waals surface area contributed by atoms with Gasteiger partial charge >= 0.3 is 0 Å². The van der Waals surface area contributed by atoms with Crippen LogP contribution in [0.3, 0.4) is 0 Å². The molecule has 2 heterocycles. The first-order valence-electron chi connectivity index (χ1n) is 10.1. The number of fused-ring (bicyclic) bond motifs is 1. The average Bonchev–Trinajstić information content (AvgIpc) is 3.09. The Hall–Kier alpha value is -2.30. The Morgan fingerprint density at radius 3 is 2.93 bits per heavy atom. The van der Waals surface area contributed by atoms with Gasteiger partial charge in [-0.2, -0.15) is 0 Å². The summed E-state index contributed by atoms with van der Waals surface area (Å²) < 4.78 is 0. The number of likely N-dealkylation sites (tertiary alicyclic amines) is 1. The van der Waals surface area contributed by atoms with E-state index in [-0.39, 0.29) is 17.7 Å². The summed E-state index contributed by atoms with van der Waals surface area (Å²) in [6.45, 7) is 6.35. The van der Waals surface area contributed by atoms with Gasteiger partial charge in [-0.05, 0) is 43.2 Å². The number of nitrogens with one attached hydrogen (secondary N) is 2. The van der Waals surface area contributed by atoms with Crippen molar-refractivity contribution >= 4 is 22.7 Å². The zero-order valence-corrected chi connectivity index (χ0v) is 16.5. The smallest absolute Gasteiger partial charge is 0.224 e. The molecule has 0 radical (unpaired) electrons. The number of carbonyl (C=O) groups is 2. The van der Waals surface area contributed by atoms with E-state index >= 15 is 0 Å². The van der Waals surface area contributed by atoms with Crippen LogP contribution in [-0.2, 0) is 16.0 Å². The second-order valence-corrected chi connectivity index (χ2v) is 8.01. The number of H-pyrrole nitrogens is 1. The quantitative estimate of drug-likeness (QED) is 0.784. The minimum atomic E-state index is -0.0667. The number of para-hydroxylation sites is 1. The van der Waals surface area contributed by atoms with E-state index in [4.69, 9.17) is 0 Å². The van der Waals surface area contributed by atoms with Crippen LogP contribution in [0.4, 0.5) is 0 Å². The highest BCUT2D eigenvalue weighted by atomic mass is 16.2. The van der Waals surface area contributed by atoms with Gasteiger partial charge in [-0.25, -0.2) is 0 Å². The number of hydrogen-bond donors (Lipinski definition) is 2. The van der Waals surface area contributed by atoms with Crippen molar-refractivity contribution in [3.05, 3.63) is 36.0 Å². The molecule has 0 saturated carbocycles. The molecule has 27 heavy (non-hydrogen) atoms. The van der Waals surface area contributed by atoms with Gasteiger partial charge < -0.3 is 15.2 Å². The van der Waals surface area contributed by atoms with Crippen LogP contribution in [0.25, 0.3) is 10.9 Å². The summed E-state index contributed by atoms with van der Waals surface area (Å²) in [6, 6.07) is 8.17. The number of nitrogens with zero attached hydrogens (tertiary/aromatic N) is 1. The molecule has 5 heteroatoms. The first-order valence-corrected chi connectivity index (χ1v) is 10.1. The van der Waals surface area contributed by atoms with Crippen molar-refractivity contribution in [2.75, 3.05) is 19.6 Å². The van der Waals surface area contributed by atoms with Crippen LogP contribution in [0.15, 0.2) is 30.5 Å². The molecule has 0 aliphatic carbocycles. The maximum atomic E-state index is 12.7. The van der Waals surface area contributed by atoms with Gasteiger partial charge in [0.2, 0.25) is 11.8 Å². The predicted molar refractivity (Wildman–Crippen MR) is 108 cm³/mol. The molecule has 2 aromatic rings. The van der Waals surface area contributed by atoms with Crippen LogP contribution in [-0.4, -0.2) is 41.3 Å². The number of rotatable bonds is 7. The third kappa shape index (κ3) is 5.12. The molecule has 1 aliphatic rings. The molecule has 1 unspecified atom stereocenters. The minimum absolute atomic E-state index is 0.0667. The van der Waals surface area contributed by atoms with Crippen molar-refractivity contribution in [2.45, 2.75) is 46.0 Å². The normalized spacial score (nSPS) is 17.4. The Morgan fingerprint density at radius 1 is 1.30 bits per heavy atom. The van der Waals surface area contributed by atoms with Crippen LogP contribution < -0.4 is 5.32 Å². The highest BCUT2D eigenvalue weighted by molar-refractivity contribution is 5.84. The summed E-state index contributed by atoms with van der Waals surface area (Å²) in [7, 11) is 0. The largest absolute Gasteiger partial charge is 0.361 e. The van der Waals surface area contributed by atoms with E-state index in [2.05, 4.69) is 30.2 Å². The van der Waals surface area contributed by atoms with Crippen LogP contribution in [0, 0.1) is 11.8 Å². The topological polar surface area (TPSA) is 65.2 Å². The molecule has 0 bridgehead atoms. The number of aryl methyl sites for hydroxylation is 1. The lowest BCUT2D eigenvalue weighted by Gasteiger charge is -2.32. The lowest BCUT2D eigenvalue weighted by molar-refractivity contribution is -0.135. The molecular formula is C22H31N3O2. The molecular weight excluding hydrogens is 338 g/mol. The molecule has 0 spiro atoms. The highest BCUT2D eigenvalue weighted by Gasteiger charge is 2.28. The molecule has 2 N–H and O–H groups in total. The summed E-state index contributed by atoms with van der Waals surface area (Å²) >= 11 is 0. The third-order valence-electron chi connectivity index (χ3n) is 5.45. The molecule has 5 nitrogen and oxygen atoms in total. The first kappa shape index (κ1) is 19.5. The van der Waals surface area contributed by atoms with Gasteiger partial charge in [0.15, 0.2) is 0 Å². The summed E-state index contributed by atoms with van der Waals surface area (Å²) in [5, 5.41) is 4.22. The molecule has 1 aliphatic heterocycles. The average molecular weight is 370 g/mol. The van der Waals surface area contributed by atoms with Crippen LogP contribution in [0.5, 0.6) is 0 Å². The number of aromatic nitrogens is 1. The van der Waals surface area contributed by atoms with Crippen molar-refractivity contribution < 1.29 is 9.59 Å². The van der Waals surface area contributed by atoms with Crippen LogP contribution in [0.1, 0.15) is 45.1 Å². The van der Waals surface area contributed by atoms with E-state index in [0.29, 0.717) is 18.9 Å². The SMILES string of the molecule is CC(C)CCNC(=O)C1CCCN(C(=O)CCc2c[nH]c3ccccc23)C1. The molecule has 1 aromatic heterocycles. The molecule has 3 rings (SSSR count). The van der Waals surface area contributed by atoms with Crippen molar-refractivity contribution in [1.29, 1.82) is 0 Å². The Morgan fingerprint density at radius 2 is 2.11 bits per heavy atom. The van der Waals surface area contributed by atoms with Gasteiger partial charge in [0.1, 0.15) is 0 Å². The standard InChI is InChI=1S/C22H31N3O2/c1-16(2)11-12-23-22(27)18-6-5-13-25(15-18)21(26)10-9-17-14-24-20-8-4-3-7-19(17)20/h3-4,7-8,14,16,18,24H,5-6,9-13,15H2,1-2H3,(H,23,27). The zero-order chi connectivity index (χ0) is 19.2. The zero-order valence-electron chi connectivity index (χ0n) is 16.5. The Kier molecular flexibility index (Phi) is 6.54. The number of carbonyl (C=O) groups excluding carboxylic acids is 2. The monoisotopic (exact) mass is 369 g/mol. The van der Waals surface area contributed by atoms with Gasteiger partial charge in [-0.1, -0.05) is 32.0 Å². The highest BCUT2D eigenvalue weighted by Crippen LogP contribution is 2.21. The van der Waals surface area contributed by atoms with Gasteiger partial charge in [0, 0.05) is 43.2 Å².